The number of nitrogens with zero attached hydrogens (tertiary/aromatic N) is 3. The number of benzene rings is 1. The number of para-hydroxylation sites is 1. The molecular formula is C27H41N3O3. The summed E-state index contributed by atoms with van der Waals surface area (Å²) < 4.78 is 6.12. The van der Waals surface area contributed by atoms with Crippen molar-refractivity contribution in [1.82, 2.24) is 14.7 Å². The lowest BCUT2D eigenvalue weighted by Gasteiger charge is -2.38. The van der Waals surface area contributed by atoms with Crippen LogP contribution in [0.4, 0.5) is 0 Å². The molecule has 0 N–H and O–H groups in total. The molecule has 0 spiro atoms. The maximum Gasteiger partial charge on any atom is 0.236 e. The van der Waals surface area contributed by atoms with Gasteiger partial charge in [-0.15, -0.1) is 0 Å². The maximum atomic E-state index is 13.3. The molecule has 2 amide bonds. The maximum absolute atomic E-state index is 13.3. The molecule has 2 aliphatic heterocycles. The van der Waals surface area contributed by atoms with Crippen molar-refractivity contribution in [3.63, 3.8) is 0 Å². The monoisotopic (exact) mass is 455 g/mol. The van der Waals surface area contributed by atoms with Crippen LogP contribution < -0.4 is 4.74 Å². The van der Waals surface area contributed by atoms with Gasteiger partial charge in [0.2, 0.25) is 11.8 Å². The smallest absolute Gasteiger partial charge is 0.236 e. The number of amides is 2. The lowest BCUT2D eigenvalue weighted by molar-refractivity contribution is -0.136. The predicted octanol–water partition coefficient (Wildman–Crippen LogP) is 3.82. The van der Waals surface area contributed by atoms with Crippen molar-refractivity contribution in [2.24, 2.45) is 17.8 Å². The molecule has 6 heteroatoms. The van der Waals surface area contributed by atoms with Crippen molar-refractivity contribution in [2.45, 2.75) is 47.1 Å². The summed E-state index contributed by atoms with van der Waals surface area (Å²) in [5, 5.41) is 0. The summed E-state index contributed by atoms with van der Waals surface area (Å²) in [6.07, 6.45) is 5.64. The molecule has 1 saturated heterocycles. The number of carbonyl (C=O) groups is 2. The first-order chi connectivity index (χ1) is 15.9. The Hall–Kier alpha value is -2.34. The molecular weight excluding hydrogens is 414 g/mol. The fourth-order valence-electron chi connectivity index (χ4n) is 5.04. The second-order valence-corrected chi connectivity index (χ2v) is 9.73. The first-order valence-corrected chi connectivity index (χ1v) is 12.6. The summed E-state index contributed by atoms with van der Waals surface area (Å²) in [6.45, 7) is 13.8. The number of carbonyl (C=O) groups excluding carboxylic acids is 2. The first-order valence-electron chi connectivity index (χ1n) is 12.6. The Bertz CT molecular complexity index is 819. The fourth-order valence-corrected chi connectivity index (χ4v) is 5.04. The second-order valence-electron chi connectivity index (χ2n) is 9.73. The molecule has 0 aromatic heterocycles. The van der Waals surface area contributed by atoms with E-state index in [1.807, 2.05) is 41.8 Å². The van der Waals surface area contributed by atoms with Crippen LogP contribution in [-0.2, 0) is 16.1 Å². The van der Waals surface area contributed by atoms with Crippen molar-refractivity contribution in [2.75, 3.05) is 45.9 Å². The molecule has 0 radical (unpaired) electrons. The Kier molecular flexibility index (Phi) is 9.36. The Morgan fingerprint density at radius 2 is 1.94 bits per heavy atom. The number of ether oxygens (including phenoxy) is 1. The minimum absolute atomic E-state index is 0.167. The zero-order valence-corrected chi connectivity index (χ0v) is 20.8. The first kappa shape index (κ1) is 25.3. The lowest BCUT2D eigenvalue weighted by Crippen LogP contribution is -2.48. The average Bonchev–Trinajstić information content (AvgIpc) is 2.79. The van der Waals surface area contributed by atoms with Crippen LogP contribution in [-0.4, -0.2) is 72.4 Å². The number of rotatable bonds is 6. The molecule has 2 aliphatic rings. The van der Waals surface area contributed by atoms with Crippen LogP contribution in [0.3, 0.4) is 0 Å². The van der Waals surface area contributed by atoms with E-state index in [4.69, 9.17) is 4.74 Å². The fraction of sp³-hybridized carbons (Fsp3) is 0.630. The van der Waals surface area contributed by atoms with E-state index in [0.29, 0.717) is 38.6 Å². The van der Waals surface area contributed by atoms with E-state index >= 15 is 0 Å². The van der Waals surface area contributed by atoms with Crippen LogP contribution in [0.5, 0.6) is 5.75 Å². The molecule has 1 fully saturated rings. The average molecular weight is 456 g/mol. The highest BCUT2D eigenvalue weighted by Crippen LogP contribution is 2.29. The number of hydrogen-bond acceptors (Lipinski definition) is 4. The van der Waals surface area contributed by atoms with Gasteiger partial charge in [-0.25, -0.2) is 0 Å². The van der Waals surface area contributed by atoms with E-state index in [-0.39, 0.29) is 23.7 Å². The van der Waals surface area contributed by atoms with E-state index < -0.39 is 0 Å². The van der Waals surface area contributed by atoms with Gasteiger partial charge in [0, 0.05) is 51.3 Å². The Morgan fingerprint density at radius 3 is 2.67 bits per heavy atom. The largest absolute Gasteiger partial charge is 0.489 e. The van der Waals surface area contributed by atoms with Crippen molar-refractivity contribution in [3.05, 3.63) is 42.0 Å². The summed E-state index contributed by atoms with van der Waals surface area (Å²) in [5.41, 5.74) is 1.11. The molecule has 0 aliphatic carbocycles. The van der Waals surface area contributed by atoms with Crippen LogP contribution >= 0.6 is 0 Å². The summed E-state index contributed by atoms with van der Waals surface area (Å²) in [4.78, 5) is 32.3. The Labute approximate surface area is 199 Å². The minimum atomic E-state index is 0.167. The summed E-state index contributed by atoms with van der Waals surface area (Å²) in [6, 6.07) is 8.11. The number of piperidine rings is 1. The topological polar surface area (TPSA) is 53.1 Å². The SMILES string of the molecule is CCN(CC)C(=O)C[C@@H]1CCN2C[C@@H]1/C=C/COc1ccccc1CN(CC(C)C)CC2=O. The van der Waals surface area contributed by atoms with Gasteiger partial charge in [0.25, 0.3) is 0 Å². The summed E-state index contributed by atoms with van der Waals surface area (Å²) in [7, 11) is 0. The highest BCUT2D eigenvalue weighted by atomic mass is 16.5. The molecule has 2 atom stereocenters. The summed E-state index contributed by atoms with van der Waals surface area (Å²) in [5.74, 6) is 2.16. The van der Waals surface area contributed by atoms with Gasteiger partial charge in [-0.1, -0.05) is 44.2 Å². The zero-order valence-electron chi connectivity index (χ0n) is 20.8. The number of fused-ring (bicyclic) bond motifs is 3. The van der Waals surface area contributed by atoms with E-state index in [2.05, 4.69) is 37.0 Å². The Balaban J connectivity index is 1.81. The highest BCUT2D eigenvalue weighted by molar-refractivity contribution is 5.79. The van der Waals surface area contributed by atoms with Gasteiger partial charge in [-0.05, 0) is 44.1 Å². The third-order valence-corrected chi connectivity index (χ3v) is 6.78. The second kappa shape index (κ2) is 12.2. The third kappa shape index (κ3) is 7.07. The molecule has 6 nitrogen and oxygen atoms in total. The van der Waals surface area contributed by atoms with Gasteiger partial charge >= 0.3 is 0 Å². The van der Waals surface area contributed by atoms with Crippen LogP contribution in [0.1, 0.15) is 46.1 Å². The van der Waals surface area contributed by atoms with Crippen molar-refractivity contribution >= 4 is 11.8 Å². The molecule has 33 heavy (non-hydrogen) atoms. The molecule has 0 saturated carbocycles. The Morgan fingerprint density at radius 1 is 1.18 bits per heavy atom. The van der Waals surface area contributed by atoms with Gasteiger partial charge < -0.3 is 14.5 Å². The van der Waals surface area contributed by atoms with Crippen molar-refractivity contribution in [3.8, 4) is 5.75 Å². The lowest BCUT2D eigenvalue weighted by atomic mass is 9.82. The van der Waals surface area contributed by atoms with Gasteiger partial charge in [-0.2, -0.15) is 0 Å². The molecule has 3 rings (SSSR count). The van der Waals surface area contributed by atoms with E-state index in [9.17, 15) is 9.59 Å². The zero-order chi connectivity index (χ0) is 23.8. The standard InChI is InChI=1S/C27H41N3O3/c1-5-29(6-2)26(31)16-22-13-14-30-19-23(22)11-9-15-33-25-12-8-7-10-24(25)18-28(17-21(3)4)20-27(30)32/h7-12,21-23H,5-6,13-20H2,1-4H3/b11-9+/t22-,23-/m0/s1. The molecule has 2 heterocycles. The van der Waals surface area contributed by atoms with Gasteiger partial charge in [-0.3, -0.25) is 14.5 Å². The van der Waals surface area contributed by atoms with Crippen LogP contribution in [0.25, 0.3) is 0 Å². The summed E-state index contributed by atoms with van der Waals surface area (Å²) >= 11 is 0. The van der Waals surface area contributed by atoms with Crippen molar-refractivity contribution in [1.29, 1.82) is 0 Å². The van der Waals surface area contributed by atoms with E-state index in [0.717, 1.165) is 43.9 Å². The van der Waals surface area contributed by atoms with Crippen molar-refractivity contribution < 1.29 is 14.3 Å². The third-order valence-electron chi connectivity index (χ3n) is 6.78. The molecule has 182 valence electrons. The van der Waals surface area contributed by atoms with Crippen LogP contribution in [0.2, 0.25) is 0 Å². The molecule has 1 aromatic carbocycles. The minimum Gasteiger partial charge on any atom is -0.489 e. The molecule has 2 bridgehead atoms. The van der Waals surface area contributed by atoms with Crippen LogP contribution in [0.15, 0.2) is 36.4 Å². The van der Waals surface area contributed by atoms with Gasteiger partial charge in [0.05, 0.1) is 6.54 Å². The normalized spacial score (nSPS) is 23.1. The van der Waals surface area contributed by atoms with E-state index in [1.165, 1.54) is 0 Å². The van der Waals surface area contributed by atoms with Gasteiger partial charge in [0.15, 0.2) is 0 Å². The predicted molar refractivity (Wildman–Crippen MR) is 132 cm³/mol. The van der Waals surface area contributed by atoms with Gasteiger partial charge in [0.1, 0.15) is 12.4 Å². The molecule has 1 aromatic rings. The quantitative estimate of drug-likeness (QED) is 0.612. The van der Waals surface area contributed by atoms with Crippen LogP contribution in [0, 0.1) is 17.8 Å². The number of hydrogen-bond donors (Lipinski definition) is 0. The molecule has 0 unspecified atom stereocenters. The highest BCUT2D eigenvalue weighted by Gasteiger charge is 2.32. The van der Waals surface area contributed by atoms with E-state index in [1.54, 1.807) is 0 Å².